The lowest BCUT2D eigenvalue weighted by atomic mass is 9.79. The van der Waals surface area contributed by atoms with E-state index < -0.39 is 46.3 Å². The van der Waals surface area contributed by atoms with E-state index in [1.807, 2.05) is 48.0 Å². The first-order valence-electron chi connectivity index (χ1n) is 19.7. The Bertz CT molecular complexity index is 1960. The summed E-state index contributed by atoms with van der Waals surface area (Å²) in [7, 11) is 0. The number of ether oxygens (including phenoxy) is 2. The first kappa shape index (κ1) is 45.9. The molecule has 2 aliphatic carbocycles. The minimum Gasteiger partial charge on any atom is -0.443 e. The first-order chi connectivity index (χ1) is 27.2. The van der Waals surface area contributed by atoms with Crippen LogP contribution in [0.2, 0.25) is 0 Å². The maximum Gasteiger partial charge on any atom is 0.304 e. The van der Waals surface area contributed by atoms with E-state index >= 15 is 0 Å². The molecule has 10 nitrogen and oxygen atoms in total. The van der Waals surface area contributed by atoms with Crippen molar-refractivity contribution in [3.8, 4) is 0 Å². The second-order valence-corrected chi connectivity index (χ2v) is 16.4. The summed E-state index contributed by atoms with van der Waals surface area (Å²) in [6.45, 7) is 18.2. The van der Waals surface area contributed by atoms with Crippen LogP contribution < -0.4 is 0 Å². The van der Waals surface area contributed by atoms with Crippen LogP contribution in [0.4, 0.5) is 0 Å². The van der Waals surface area contributed by atoms with E-state index in [1.165, 1.54) is 13.8 Å². The summed E-state index contributed by atoms with van der Waals surface area (Å²) in [4.78, 5) is 82.1. The zero-order valence-electron chi connectivity index (χ0n) is 35.1. The van der Waals surface area contributed by atoms with Crippen LogP contribution in [-0.4, -0.2) is 69.2 Å². The number of carbonyl (C=O) groups excluding carboxylic acids is 6. The summed E-state index contributed by atoms with van der Waals surface area (Å²) in [6.07, 6.45) is 22.0. The fraction of sp³-hybridized carbons (Fsp3) is 0.435. The number of halogens is 2. The SMILES string of the molecule is CC[C@H](C)/C=C(C)/C=C/C1=CC2=C(Cl)C(=O)[C@@](C)(OC(C)=O)C(=O)C2=CN1CCCCN1C=C2C(=O)[C@](C)(OC(C)=O)C(=O)C(Cl)=C2C=C1/C=C/C(C)=C/[C@@H](C)CC. The summed E-state index contributed by atoms with van der Waals surface area (Å²) in [5.41, 5.74) is 0.137. The molecule has 0 radical (unpaired) electrons. The Kier molecular flexibility index (Phi) is 14.9. The molecule has 2 aliphatic heterocycles. The number of carbonyl (C=O) groups is 6. The van der Waals surface area contributed by atoms with Gasteiger partial charge in [0.1, 0.15) is 0 Å². The Morgan fingerprint density at radius 3 is 1.31 bits per heavy atom. The molecule has 0 aromatic rings. The number of nitrogens with zero attached hydrogens (tertiary/aromatic N) is 2. The summed E-state index contributed by atoms with van der Waals surface area (Å²) in [5.74, 6) is -3.72. The second-order valence-electron chi connectivity index (χ2n) is 15.6. The van der Waals surface area contributed by atoms with Gasteiger partial charge in [-0.25, -0.2) is 0 Å². The molecule has 0 saturated carbocycles. The number of rotatable bonds is 15. The highest BCUT2D eigenvalue weighted by Crippen LogP contribution is 2.41. The number of esters is 2. The number of hydrogen-bond acceptors (Lipinski definition) is 10. The van der Waals surface area contributed by atoms with E-state index in [4.69, 9.17) is 32.7 Å². The molecule has 0 bridgehead atoms. The molecule has 0 amide bonds. The third-order valence-corrected chi connectivity index (χ3v) is 11.4. The zero-order valence-corrected chi connectivity index (χ0v) is 36.6. The second kappa shape index (κ2) is 18.9. The molecule has 4 rings (SSSR count). The molecular formula is C46H54Cl2N2O8. The van der Waals surface area contributed by atoms with Gasteiger partial charge in [-0.05, 0) is 76.7 Å². The lowest BCUT2D eigenvalue weighted by molar-refractivity contribution is -0.167. The highest BCUT2D eigenvalue weighted by Gasteiger charge is 2.53. The highest BCUT2D eigenvalue weighted by molar-refractivity contribution is 6.50. The van der Waals surface area contributed by atoms with E-state index in [1.54, 1.807) is 24.6 Å². The molecule has 0 fully saturated rings. The van der Waals surface area contributed by atoms with Crippen LogP contribution in [0.15, 0.2) is 116 Å². The summed E-state index contributed by atoms with van der Waals surface area (Å²) < 4.78 is 10.5. The van der Waals surface area contributed by atoms with Crippen LogP contribution in [0.1, 0.15) is 94.9 Å². The Labute approximate surface area is 352 Å². The highest BCUT2D eigenvalue weighted by atomic mass is 35.5. The first-order valence-corrected chi connectivity index (χ1v) is 20.5. The van der Waals surface area contributed by atoms with E-state index in [2.05, 4.69) is 39.8 Å². The molecule has 310 valence electrons. The van der Waals surface area contributed by atoms with Gasteiger partial charge in [0.2, 0.25) is 34.3 Å². The van der Waals surface area contributed by atoms with Crippen molar-refractivity contribution in [2.45, 2.75) is 106 Å². The van der Waals surface area contributed by atoms with Crippen molar-refractivity contribution in [2.24, 2.45) is 11.8 Å². The van der Waals surface area contributed by atoms with Crippen molar-refractivity contribution in [2.75, 3.05) is 13.1 Å². The smallest absolute Gasteiger partial charge is 0.304 e. The molecule has 0 aromatic carbocycles. The number of ketones is 4. The molecule has 4 aliphatic rings. The number of fused-ring (bicyclic) bond motifs is 2. The Morgan fingerprint density at radius 1 is 0.655 bits per heavy atom. The van der Waals surface area contributed by atoms with Gasteiger partial charge < -0.3 is 19.3 Å². The third kappa shape index (κ3) is 9.89. The maximum atomic E-state index is 13.8. The number of Topliss-reactive ketones (excluding diaryl/α,β-unsaturated/α-hetero) is 4. The standard InChI is InChI=1S/C46H54Cl2N2O8/c1-11-27(3)21-29(5)15-17-33-23-35-37(41(53)45(9,57-31(7)51)43(55)39(35)47)25-49(33)19-13-14-20-50-26-38-36(24-34(50)18-16-30(6)22-28(4)12-2)40(48)44(56)46(10,42(38)54)58-32(8)52/h15-18,21-28H,11-14,19-20H2,1-10H3/b17-15+,18-16+,29-21+,30-22+/t27-,28-,45-,46-/m0/s1. The van der Waals surface area contributed by atoms with Gasteiger partial charge in [0.25, 0.3) is 0 Å². The molecule has 0 aromatic heterocycles. The van der Waals surface area contributed by atoms with E-state index in [-0.39, 0.29) is 32.4 Å². The van der Waals surface area contributed by atoms with Crippen molar-refractivity contribution in [3.05, 3.63) is 116 Å². The molecular weight excluding hydrogens is 779 g/mol. The average molecular weight is 834 g/mol. The van der Waals surface area contributed by atoms with Crippen LogP contribution in [0, 0.1) is 11.8 Å². The Morgan fingerprint density at radius 2 is 1.00 bits per heavy atom. The molecule has 58 heavy (non-hydrogen) atoms. The van der Waals surface area contributed by atoms with Crippen molar-refractivity contribution >= 4 is 58.3 Å². The molecule has 2 heterocycles. The van der Waals surface area contributed by atoms with E-state index in [0.29, 0.717) is 49.2 Å². The fourth-order valence-corrected chi connectivity index (χ4v) is 7.68. The quantitative estimate of drug-likeness (QED) is 0.0683. The third-order valence-electron chi connectivity index (χ3n) is 10.7. The van der Waals surface area contributed by atoms with Gasteiger partial charge in [0, 0.05) is 73.0 Å². The largest absolute Gasteiger partial charge is 0.443 e. The van der Waals surface area contributed by atoms with Gasteiger partial charge in [0.15, 0.2) is 0 Å². The van der Waals surface area contributed by atoms with Crippen LogP contribution in [-0.2, 0) is 38.2 Å². The maximum absolute atomic E-state index is 13.8. The molecule has 0 spiro atoms. The number of hydrogen-bond donors (Lipinski definition) is 0. The van der Waals surface area contributed by atoms with Crippen LogP contribution in [0.3, 0.4) is 0 Å². The lowest BCUT2D eigenvalue weighted by Gasteiger charge is -2.36. The van der Waals surface area contributed by atoms with Gasteiger partial charge in [-0.15, -0.1) is 0 Å². The number of unbranched alkanes of at least 4 members (excludes halogenated alkanes) is 1. The number of allylic oxidation sites excluding steroid dienone is 12. The topological polar surface area (TPSA) is 127 Å². The molecule has 0 N–H and O–H groups in total. The van der Waals surface area contributed by atoms with Crippen molar-refractivity contribution in [1.82, 2.24) is 9.80 Å². The minimum absolute atomic E-state index is 0.159. The zero-order chi connectivity index (χ0) is 43.3. The normalized spacial score (nSPS) is 24.1. The molecule has 0 unspecified atom stereocenters. The van der Waals surface area contributed by atoms with Gasteiger partial charge in [-0.2, -0.15) is 0 Å². The summed E-state index contributed by atoms with van der Waals surface area (Å²) in [5, 5.41) is -0.381. The predicted molar refractivity (Wildman–Crippen MR) is 226 cm³/mol. The summed E-state index contributed by atoms with van der Waals surface area (Å²) in [6, 6.07) is 0. The van der Waals surface area contributed by atoms with Gasteiger partial charge in [0.05, 0.1) is 10.1 Å². The van der Waals surface area contributed by atoms with Crippen LogP contribution in [0.25, 0.3) is 0 Å². The Balaban J connectivity index is 1.69. The minimum atomic E-state index is -2.09. The lowest BCUT2D eigenvalue weighted by Crippen LogP contribution is -2.52. The van der Waals surface area contributed by atoms with E-state index in [9.17, 15) is 28.8 Å². The predicted octanol–water partition coefficient (Wildman–Crippen LogP) is 8.96. The Hall–Kier alpha value is -4.80. The van der Waals surface area contributed by atoms with Gasteiger partial charge in [-0.3, -0.25) is 28.8 Å². The van der Waals surface area contributed by atoms with Crippen molar-refractivity contribution in [1.29, 1.82) is 0 Å². The van der Waals surface area contributed by atoms with Crippen LogP contribution >= 0.6 is 23.2 Å². The monoisotopic (exact) mass is 832 g/mol. The summed E-state index contributed by atoms with van der Waals surface area (Å²) >= 11 is 13.2. The van der Waals surface area contributed by atoms with Crippen LogP contribution in [0.5, 0.6) is 0 Å². The van der Waals surface area contributed by atoms with Gasteiger partial charge >= 0.3 is 11.9 Å². The molecule has 4 atom stereocenters. The molecule has 0 saturated heterocycles. The fourth-order valence-electron chi connectivity index (χ4n) is 7.00. The van der Waals surface area contributed by atoms with Crippen molar-refractivity contribution in [3.63, 3.8) is 0 Å². The van der Waals surface area contributed by atoms with Crippen molar-refractivity contribution < 1.29 is 38.2 Å². The molecule has 12 heteroatoms. The van der Waals surface area contributed by atoms with Gasteiger partial charge in [-0.1, -0.05) is 99.2 Å². The van der Waals surface area contributed by atoms with E-state index in [0.717, 1.165) is 37.8 Å². The average Bonchev–Trinajstić information content (AvgIpc) is 3.17.